The van der Waals surface area contributed by atoms with Gasteiger partial charge in [0.05, 0.1) is 19.8 Å². The maximum atomic E-state index is 5.72. The molecule has 19 heavy (non-hydrogen) atoms. The SMILES string of the molecule is CC(C)c1noc(CN2CCC3(CC2)OCCO3)n1. The molecule has 0 unspecified atom stereocenters. The monoisotopic (exact) mass is 267 g/mol. The fourth-order valence-corrected chi connectivity index (χ4v) is 2.60. The van der Waals surface area contributed by atoms with Crippen molar-refractivity contribution in [1.82, 2.24) is 15.0 Å². The fraction of sp³-hybridized carbons (Fsp3) is 0.846. The minimum Gasteiger partial charge on any atom is -0.347 e. The second-order valence-electron chi connectivity index (χ2n) is 5.58. The van der Waals surface area contributed by atoms with Crippen molar-refractivity contribution in [3.63, 3.8) is 0 Å². The van der Waals surface area contributed by atoms with E-state index < -0.39 is 0 Å². The molecule has 2 saturated heterocycles. The highest BCUT2D eigenvalue weighted by atomic mass is 16.7. The van der Waals surface area contributed by atoms with Crippen molar-refractivity contribution >= 4 is 0 Å². The first-order chi connectivity index (χ1) is 9.17. The number of hydrogen-bond acceptors (Lipinski definition) is 6. The number of nitrogens with zero attached hydrogens (tertiary/aromatic N) is 3. The van der Waals surface area contributed by atoms with Gasteiger partial charge in [-0.1, -0.05) is 19.0 Å². The maximum Gasteiger partial charge on any atom is 0.240 e. The van der Waals surface area contributed by atoms with Gasteiger partial charge in [0.25, 0.3) is 0 Å². The van der Waals surface area contributed by atoms with Crippen LogP contribution in [0.25, 0.3) is 0 Å². The van der Waals surface area contributed by atoms with Crippen LogP contribution in [0.5, 0.6) is 0 Å². The van der Waals surface area contributed by atoms with Crippen molar-refractivity contribution in [2.45, 2.75) is 44.9 Å². The minimum atomic E-state index is -0.311. The van der Waals surface area contributed by atoms with Gasteiger partial charge in [0.1, 0.15) is 0 Å². The van der Waals surface area contributed by atoms with Crippen molar-refractivity contribution in [2.24, 2.45) is 0 Å². The molecule has 0 N–H and O–H groups in total. The van der Waals surface area contributed by atoms with E-state index in [0.717, 1.165) is 51.5 Å². The molecule has 0 aliphatic carbocycles. The molecule has 1 aromatic heterocycles. The Kier molecular flexibility index (Phi) is 3.56. The lowest BCUT2D eigenvalue weighted by Gasteiger charge is -2.36. The van der Waals surface area contributed by atoms with Crippen molar-refractivity contribution in [3.8, 4) is 0 Å². The molecular formula is C13H21N3O3. The van der Waals surface area contributed by atoms with E-state index in [2.05, 4.69) is 28.9 Å². The first-order valence-corrected chi connectivity index (χ1v) is 7.00. The van der Waals surface area contributed by atoms with Gasteiger partial charge in [0, 0.05) is 31.8 Å². The van der Waals surface area contributed by atoms with E-state index in [1.165, 1.54) is 0 Å². The number of aromatic nitrogens is 2. The lowest BCUT2D eigenvalue weighted by molar-refractivity contribution is -0.186. The predicted octanol–water partition coefficient (Wildman–Crippen LogP) is 1.53. The quantitative estimate of drug-likeness (QED) is 0.827. The lowest BCUT2D eigenvalue weighted by atomic mass is 10.0. The molecular weight excluding hydrogens is 246 g/mol. The molecule has 3 rings (SSSR count). The molecule has 0 aromatic carbocycles. The predicted molar refractivity (Wildman–Crippen MR) is 67.5 cm³/mol. The fourth-order valence-electron chi connectivity index (χ4n) is 2.60. The summed E-state index contributed by atoms with van der Waals surface area (Å²) in [5.41, 5.74) is 0. The molecule has 3 heterocycles. The van der Waals surface area contributed by atoms with Gasteiger partial charge in [-0.05, 0) is 0 Å². The molecule has 0 bridgehead atoms. The van der Waals surface area contributed by atoms with Gasteiger partial charge in [0.15, 0.2) is 11.6 Å². The summed E-state index contributed by atoms with van der Waals surface area (Å²) < 4.78 is 16.7. The zero-order valence-electron chi connectivity index (χ0n) is 11.6. The summed E-state index contributed by atoms with van der Waals surface area (Å²) in [4.78, 5) is 6.72. The average Bonchev–Trinajstić information content (AvgIpc) is 3.02. The van der Waals surface area contributed by atoms with E-state index in [4.69, 9.17) is 14.0 Å². The number of ether oxygens (including phenoxy) is 2. The topological polar surface area (TPSA) is 60.6 Å². The Morgan fingerprint density at radius 3 is 2.47 bits per heavy atom. The third-order valence-electron chi connectivity index (χ3n) is 3.79. The Morgan fingerprint density at radius 1 is 1.21 bits per heavy atom. The number of rotatable bonds is 3. The first-order valence-electron chi connectivity index (χ1n) is 7.00. The molecule has 2 fully saturated rings. The number of piperidine rings is 1. The van der Waals surface area contributed by atoms with Crippen LogP contribution >= 0.6 is 0 Å². The summed E-state index contributed by atoms with van der Waals surface area (Å²) in [5, 5.41) is 3.99. The molecule has 0 amide bonds. The van der Waals surface area contributed by atoms with E-state index in [9.17, 15) is 0 Å². The van der Waals surface area contributed by atoms with Crippen LogP contribution in [0.3, 0.4) is 0 Å². The largest absolute Gasteiger partial charge is 0.347 e. The van der Waals surface area contributed by atoms with Crippen molar-refractivity contribution in [2.75, 3.05) is 26.3 Å². The van der Waals surface area contributed by atoms with Gasteiger partial charge >= 0.3 is 0 Å². The highest BCUT2D eigenvalue weighted by Crippen LogP contribution is 2.31. The van der Waals surface area contributed by atoms with Crippen LogP contribution in [-0.4, -0.2) is 47.1 Å². The van der Waals surface area contributed by atoms with E-state index >= 15 is 0 Å². The normalized spacial score (nSPS) is 23.5. The molecule has 1 aromatic rings. The summed E-state index contributed by atoms with van der Waals surface area (Å²) in [6.45, 7) is 8.18. The van der Waals surface area contributed by atoms with Crippen LogP contribution in [0.2, 0.25) is 0 Å². The zero-order valence-corrected chi connectivity index (χ0v) is 11.6. The number of likely N-dealkylation sites (tertiary alicyclic amines) is 1. The highest BCUT2D eigenvalue weighted by Gasteiger charge is 2.39. The van der Waals surface area contributed by atoms with Crippen molar-refractivity contribution < 1.29 is 14.0 Å². The van der Waals surface area contributed by atoms with Gasteiger partial charge < -0.3 is 14.0 Å². The van der Waals surface area contributed by atoms with E-state index in [-0.39, 0.29) is 5.79 Å². The van der Waals surface area contributed by atoms with Crippen molar-refractivity contribution in [1.29, 1.82) is 0 Å². The smallest absolute Gasteiger partial charge is 0.240 e. The molecule has 6 heteroatoms. The molecule has 1 spiro atoms. The Labute approximate surface area is 113 Å². The zero-order chi connectivity index (χ0) is 13.3. The summed E-state index contributed by atoms with van der Waals surface area (Å²) in [7, 11) is 0. The molecule has 6 nitrogen and oxygen atoms in total. The van der Waals surface area contributed by atoms with Crippen LogP contribution in [-0.2, 0) is 16.0 Å². The third kappa shape index (κ3) is 2.80. The van der Waals surface area contributed by atoms with Gasteiger partial charge in [0.2, 0.25) is 5.89 Å². The van der Waals surface area contributed by atoms with Crippen LogP contribution in [0.4, 0.5) is 0 Å². The van der Waals surface area contributed by atoms with Crippen LogP contribution in [0.15, 0.2) is 4.52 Å². The van der Waals surface area contributed by atoms with Crippen LogP contribution in [0, 0.1) is 0 Å². The Balaban J connectivity index is 1.54. The molecule has 2 aliphatic rings. The summed E-state index contributed by atoms with van der Waals surface area (Å²) in [6.07, 6.45) is 1.83. The number of hydrogen-bond donors (Lipinski definition) is 0. The van der Waals surface area contributed by atoms with Crippen molar-refractivity contribution in [3.05, 3.63) is 11.7 Å². The maximum absolute atomic E-state index is 5.72. The second-order valence-corrected chi connectivity index (χ2v) is 5.58. The third-order valence-corrected chi connectivity index (χ3v) is 3.79. The molecule has 0 atom stereocenters. The van der Waals surface area contributed by atoms with E-state index in [1.807, 2.05) is 0 Å². The van der Waals surface area contributed by atoms with Crippen LogP contribution in [0.1, 0.15) is 44.3 Å². The summed E-state index contributed by atoms with van der Waals surface area (Å²) in [5.74, 6) is 1.48. The Morgan fingerprint density at radius 2 is 1.89 bits per heavy atom. The Bertz CT molecular complexity index is 417. The minimum absolute atomic E-state index is 0.308. The highest BCUT2D eigenvalue weighted by molar-refractivity contribution is 4.92. The lowest BCUT2D eigenvalue weighted by Crippen LogP contribution is -2.44. The summed E-state index contributed by atoms with van der Waals surface area (Å²) in [6, 6.07) is 0. The van der Waals surface area contributed by atoms with Gasteiger partial charge in [-0.25, -0.2) is 0 Å². The second kappa shape index (κ2) is 5.19. The summed E-state index contributed by atoms with van der Waals surface area (Å²) >= 11 is 0. The first kappa shape index (κ1) is 13.0. The van der Waals surface area contributed by atoms with Gasteiger partial charge in [-0.15, -0.1) is 0 Å². The molecule has 2 aliphatic heterocycles. The van der Waals surface area contributed by atoms with E-state index in [0.29, 0.717) is 11.8 Å². The van der Waals surface area contributed by atoms with Crippen LogP contribution < -0.4 is 0 Å². The Hall–Kier alpha value is -0.980. The average molecular weight is 267 g/mol. The van der Waals surface area contributed by atoms with E-state index in [1.54, 1.807) is 0 Å². The molecule has 106 valence electrons. The van der Waals surface area contributed by atoms with Gasteiger partial charge in [-0.3, -0.25) is 4.90 Å². The standard InChI is InChI=1S/C13H21N3O3/c1-10(2)12-14-11(19-15-12)9-16-5-3-13(4-6-16)17-7-8-18-13/h10H,3-9H2,1-2H3. The molecule has 0 radical (unpaired) electrons. The molecule has 0 saturated carbocycles. The van der Waals surface area contributed by atoms with Gasteiger partial charge in [-0.2, -0.15) is 4.98 Å².